The van der Waals surface area contributed by atoms with Crippen LogP contribution in [0.3, 0.4) is 0 Å². The minimum Gasteiger partial charge on any atom is -0.390 e. The van der Waals surface area contributed by atoms with Gasteiger partial charge in [0.15, 0.2) is 5.67 Å². The summed E-state index contributed by atoms with van der Waals surface area (Å²) in [5, 5.41) is 11.0. The van der Waals surface area contributed by atoms with Gasteiger partial charge in [-0.05, 0) is 17.5 Å². The SMILES string of the molecule is OCc1cc2ccccc2c(C2(F)C=CC=CC2)n1. The highest BCUT2D eigenvalue weighted by Gasteiger charge is 2.32. The topological polar surface area (TPSA) is 33.1 Å². The standard InChI is InChI=1S/C16H14FNO/c17-16(8-4-1-5-9-16)15-14-7-3-2-6-12(14)10-13(11-19)18-15/h1-8,10,19H,9,11H2. The van der Waals surface area contributed by atoms with Gasteiger partial charge in [0.05, 0.1) is 18.0 Å². The number of aromatic nitrogens is 1. The Hall–Kier alpha value is -2.00. The molecule has 0 amide bonds. The first-order valence-electron chi connectivity index (χ1n) is 6.26. The molecule has 1 unspecified atom stereocenters. The number of nitrogens with zero attached hydrogens (tertiary/aromatic N) is 1. The van der Waals surface area contributed by atoms with Crippen LogP contribution in [0.25, 0.3) is 10.8 Å². The molecule has 1 aliphatic carbocycles. The minimum absolute atomic E-state index is 0.187. The first kappa shape index (κ1) is 12.1. The Bertz CT molecular complexity index is 678. The highest BCUT2D eigenvalue weighted by Crippen LogP contribution is 2.37. The van der Waals surface area contributed by atoms with Gasteiger partial charge in [0.1, 0.15) is 0 Å². The monoisotopic (exact) mass is 255 g/mol. The van der Waals surface area contributed by atoms with Crippen LogP contribution in [0, 0.1) is 0 Å². The number of pyridine rings is 1. The molecular weight excluding hydrogens is 241 g/mol. The number of aliphatic hydroxyl groups is 1. The molecule has 0 fully saturated rings. The molecule has 0 spiro atoms. The number of fused-ring (bicyclic) bond motifs is 1. The summed E-state index contributed by atoms with van der Waals surface area (Å²) in [6, 6.07) is 9.34. The van der Waals surface area contributed by atoms with E-state index in [0.717, 1.165) is 10.8 Å². The van der Waals surface area contributed by atoms with Gasteiger partial charge in [-0.15, -0.1) is 0 Å². The molecule has 1 aliphatic rings. The number of alkyl halides is 1. The third kappa shape index (κ3) is 2.06. The van der Waals surface area contributed by atoms with Gasteiger partial charge < -0.3 is 5.11 Å². The van der Waals surface area contributed by atoms with Crippen LogP contribution in [0.4, 0.5) is 4.39 Å². The molecule has 1 N–H and O–H groups in total. The lowest BCUT2D eigenvalue weighted by Gasteiger charge is -2.23. The summed E-state index contributed by atoms with van der Waals surface area (Å²) in [5.41, 5.74) is -0.719. The molecule has 2 aromatic rings. The van der Waals surface area contributed by atoms with Gasteiger partial charge in [-0.3, -0.25) is 4.98 Å². The Kier molecular flexibility index (Phi) is 2.91. The van der Waals surface area contributed by atoms with Crippen molar-refractivity contribution in [1.29, 1.82) is 0 Å². The number of aliphatic hydroxyl groups excluding tert-OH is 1. The van der Waals surface area contributed by atoms with Crippen molar-refractivity contribution in [2.24, 2.45) is 0 Å². The largest absolute Gasteiger partial charge is 0.390 e. The van der Waals surface area contributed by atoms with Crippen LogP contribution in [0.2, 0.25) is 0 Å². The van der Waals surface area contributed by atoms with E-state index >= 15 is 4.39 Å². The van der Waals surface area contributed by atoms with Crippen LogP contribution in [-0.2, 0) is 12.3 Å². The van der Waals surface area contributed by atoms with Crippen molar-refractivity contribution in [3.05, 3.63) is 66.0 Å². The van der Waals surface area contributed by atoms with Crippen molar-refractivity contribution in [2.45, 2.75) is 18.7 Å². The van der Waals surface area contributed by atoms with Crippen LogP contribution >= 0.6 is 0 Å². The summed E-state index contributed by atoms with van der Waals surface area (Å²) in [6.07, 6.45) is 7.13. The first-order chi connectivity index (χ1) is 9.23. The first-order valence-corrected chi connectivity index (χ1v) is 6.26. The van der Waals surface area contributed by atoms with Gasteiger partial charge in [0.2, 0.25) is 0 Å². The van der Waals surface area contributed by atoms with Crippen molar-refractivity contribution < 1.29 is 9.50 Å². The number of halogens is 1. The number of rotatable bonds is 2. The zero-order valence-corrected chi connectivity index (χ0v) is 10.4. The van der Waals surface area contributed by atoms with Gasteiger partial charge in [0, 0.05) is 11.8 Å². The lowest BCUT2D eigenvalue weighted by atomic mass is 9.90. The number of hydrogen-bond acceptors (Lipinski definition) is 2. The summed E-state index contributed by atoms with van der Waals surface area (Å²) in [6.45, 7) is -0.187. The quantitative estimate of drug-likeness (QED) is 0.892. The minimum atomic E-state index is -1.60. The second-order valence-electron chi connectivity index (χ2n) is 4.70. The van der Waals surface area contributed by atoms with E-state index in [9.17, 15) is 5.11 Å². The Morgan fingerprint density at radius 1 is 1.26 bits per heavy atom. The smallest absolute Gasteiger partial charge is 0.175 e. The van der Waals surface area contributed by atoms with E-state index in [4.69, 9.17) is 0 Å². The van der Waals surface area contributed by atoms with Crippen molar-refractivity contribution in [1.82, 2.24) is 4.98 Å². The Morgan fingerprint density at radius 3 is 2.84 bits per heavy atom. The van der Waals surface area contributed by atoms with Crippen molar-refractivity contribution in [3.8, 4) is 0 Å². The Balaban J connectivity index is 2.27. The molecule has 3 heteroatoms. The van der Waals surface area contributed by atoms with E-state index in [1.807, 2.05) is 30.3 Å². The molecule has 96 valence electrons. The maximum atomic E-state index is 15.1. The van der Waals surface area contributed by atoms with Crippen LogP contribution < -0.4 is 0 Å². The fraction of sp³-hybridized carbons (Fsp3) is 0.188. The van der Waals surface area contributed by atoms with Crippen LogP contribution in [-0.4, -0.2) is 10.1 Å². The highest BCUT2D eigenvalue weighted by molar-refractivity contribution is 5.86. The van der Waals surface area contributed by atoms with Crippen LogP contribution in [0.1, 0.15) is 17.8 Å². The number of hydrogen-bond donors (Lipinski definition) is 1. The van der Waals surface area contributed by atoms with E-state index in [-0.39, 0.29) is 13.0 Å². The predicted octanol–water partition coefficient (Wildman–Crippen LogP) is 3.41. The fourth-order valence-electron chi connectivity index (χ4n) is 2.42. The van der Waals surface area contributed by atoms with E-state index in [2.05, 4.69) is 4.98 Å². The Morgan fingerprint density at radius 2 is 2.11 bits per heavy atom. The lowest BCUT2D eigenvalue weighted by molar-refractivity contribution is 0.228. The molecule has 0 saturated carbocycles. The normalized spacial score (nSPS) is 22.0. The molecule has 0 aliphatic heterocycles. The maximum absolute atomic E-state index is 15.1. The number of allylic oxidation sites excluding steroid dienone is 4. The molecule has 1 heterocycles. The van der Waals surface area contributed by atoms with Crippen molar-refractivity contribution in [2.75, 3.05) is 0 Å². The zero-order chi connectivity index (χ0) is 13.3. The molecule has 19 heavy (non-hydrogen) atoms. The zero-order valence-electron chi connectivity index (χ0n) is 10.4. The summed E-state index contributed by atoms with van der Waals surface area (Å²) < 4.78 is 15.1. The van der Waals surface area contributed by atoms with E-state index in [1.165, 1.54) is 6.08 Å². The van der Waals surface area contributed by atoms with E-state index in [0.29, 0.717) is 11.4 Å². The average Bonchev–Trinajstić information content (AvgIpc) is 2.46. The van der Waals surface area contributed by atoms with Gasteiger partial charge in [-0.25, -0.2) is 4.39 Å². The maximum Gasteiger partial charge on any atom is 0.175 e. The second-order valence-corrected chi connectivity index (χ2v) is 4.70. The van der Waals surface area contributed by atoms with Crippen LogP contribution in [0.5, 0.6) is 0 Å². The molecule has 1 aromatic heterocycles. The van der Waals surface area contributed by atoms with E-state index in [1.54, 1.807) is 18.2 Å². The molecule has 2 nitrogen and oxygen atoms in total. The Labute approximate surface area is 110 Å². The molecule has 0 bridgehead atoms. The molecular formula is C16H14FNO. The molecule has 0 radical (unpaired) electrons. The molecule has 1 aromatic carbocycles. The molecule has 3 rings (SSSR count). The van der Waals surface area contributed by atoms with Crippen LogP contribution in [0.15, 0.2) is 54.6 Å². The third-order valence-electron chi connectivity index (χ3n) is 3.37. The lowest BCUT2D eigenvalue weighted by Crippen LogP contribution is -2.20. The van der Waals surface area contributed by atoms with Gasteiger partial charge in [-0.2, -0.15) is 0 Å². The predicted molar refractivity (Wildman–Crippen MR) is 73.3 cm³/mol. The summed E-state index contributed by atoms with van der Waals surface area (Å²) in [7, 11) is 0. The fourth-order valence-corrected chi connectivity index (χ4v) is 2.42. The average molecular weight is 255 g/mol. The summed E-state index contributed by atoms with van der Waals surface area (Å²) in [4.78, 5) is 4.30. The number of benzene rings is 1. The molecule has 0 saturated heterocycles. The van der Waals surface area contributed by atoms with E-state index < -0.39 is 5.67 Å². The van der Waals surface area contributed by atoms with Crippen molar-refractivity contribution in [3.63, 3.8) is 0 Å². The third-order valence-corrected chi connectivity index (χ3v) is 3.37. The second kappa shape index (κ2) is 4.59. The summed E-state index contributed by atoms with van der Waals surface area (Å²) in [5.74, 6) is 0. The van der Waals surface area contributed by atoms with Gasteiger partial charge in [-0.1, -0.05) is 42.5 Å². The molecule has 1 atom stereocenters. The van der Waals surface area contributed by atoms with Gasteiger partial charge in [0.25, 0.3) is 0 Å². The summed E-state index contributed by atoms with van der Waals surface area (Å²) >= 11 is 0. The van der Waals surface area contributed by atoms with Gasteiger partial charge >= 0.3 is 0 Å². The van der Waals surface area contributed by atoms with Crippen molar-refractivity contribution >= 4 is 10.8 Å². The highest BCUT2D eigenvalue weighted by atomic mass is 19.1.